The number of carbonyl (C=O) groups excluding carboxylic acids is 2. The van der Waals surface area contributed by atoms with Crippen LogP contribution in [0, 0.1) is 5.41 Å². The Morgan fingerprint density at radius 1 is 1.40 bits per heavy atom. The van der Waals surface area contributed by atoms with Gasteiger partial charge in [-0.05, 0) is 6.42 Å². The molecule has 88 valence electrons. The third-order valence-electron chi connectivity index (χ3n) is 2.11. The molecular weight excluding hydrogens is 200 g/mol. The molecule has 0 spiro atoms. The average molecular weight is 218 g/mol. The number of aliphatic hydroxyl groups excluding tert-OH is 2. The van der Waals surface area contributed by atoms with Crippen molar-refractivity contribution < 1.29 is 24.5 Å². The summed E-state index contributed by atoms with van der Waals surface area (Å²) in [7, 11) is 0. The second-order valence-corrected chi connectivity index (χ2v) is 2.98. The van der Waals surface area contributed by atoms with Gasteiger partial charge in [-0.25, -0.2) is 4.79 Å². The van der Waals surface area contributed by atoms with Crippen molar-refractivity contribution in [3.05, 3.63) is 12.7 Å². The molecule has 0 heterocycles. The van der Waals surface area contributed by atoms with Gasteiger partial charge in [0.05, 0.1) is 18.6 Å². The maximum Gasteiger partial charge on any atom is 0.330 e. The molecule has 0 aliphatic carbocycles. The number of rotatable bonds is 6. The molecule has 0 saturated heterocycles. The molecule has 0 aliphatic rings. The van der Waals surface area contributed by atoms with E-state index in [1.54, 1.807) is 0 Å². The van der Waals surface area contributed by atoms with Crippen LogP contribution in [0.15, 0.2) is 12.7 Å². The van der Waals surface area contributed by atoms with Crippen LogP contribution in [0.1, 0.15) is 13.3 Å². The zero-order valence-corrected chi connectivity index (χ0v) is 8.94. The van der Waals surface area contributed by atoms with Crippen LogP contribution in [0.5, 0.6) is 0 Å². The fourth-order valence-electron chi connectivity index (χ4n) is 0.750. The highest BCUT2D eigenvalue weighted by molar-refractivity contribution is 5.81. The highest BCUT2D eigenvalue weighted by Crippen LogP contribution is 2.20. The van der Waals surface area contributed by atoms with Gasteiger partial charge in [0.15, 0.2) is 0 Å². The van der Waals surface area contributed by atoms with Crippen molar-refractivity contribution in [1.29, 1.82) is 0 Å². The van der Waals surface area contributed by atoms with Crippen LogP contribution in [0.2, 0.25) is 0 Å². The Morgan fingerprint density at radius 2 is 1.87 bits per heavy atom. The smallest absolute Gasteiger partial charge is 0.330 e. The molecule has 5 nitrogen and oxygen atoms in total. The fourth-order valence-corrected chi connectivity index (χ4v) is 0.750. The Hall–Kier alpha value is -1.20. The van der Waals surface area contributed by atoms with E-state index in [0.717, 1.165) is 6.08 Å². The summed E-state index contributed by atoms with van der Waals surface area (Å²) < 4.78 is 4.75. The molecule has 0 atom stereocenters. The maximum absolute atomic E-state index is 10.7. The first kappa shape index (κ1) is 16.2. The van der Waals surface area contributed by atoms with Gasteiger partial charge in [0, 0.05) is 6.08 Å². The standard InChI is InChI=1S/C9H16O4.CH2O/c1-3-8(12)13-7-9(4-2,5-10)6-11;1-2/h3,10-11H,1,4-7H2,2H3;1H2. The lowest BCUT2D eigenvalue weighted by Gasteiger charge is -2.27. The minimum Gasteiger partial charge on any atom is -0.462 e. The summed E-state index contributed by atoms with van der Waals surface area (Å²) in [5.41, 5.74) is -0.724. The van der Waals surface area contributed by atoms with Crippen molar-refractivity contribution in [2.75, 3.05) is 19.8 Å². The Kier molecular flexibility index (Phi) is 10.1. The minimum absolute atomic E-state index is 0.0152. The maximum atomic E-state index is 10.7. The van der Waals surface area contributed by atoms with Gasteiger partial charge >= 0.3 is 5.97 Å². The number of ether oxygens (including phenoxy) is 1. The molecule has 0 rings (SSSR count). The topological polar surface area (TPSA) is 83.8 Å². The Balaban J connectivity index is 0. The summed E-state index contributed by atoms with van der Waals surface area (Å²) in [6.07, 6.45) is 1.60. The molecule has 0 radical (unpaired) electrons. The Morgan fingerprint density at radius 3 is 2.13 bits per heavy atom. The molecule has 2 N–H and O–H groups in total. The second-order valence-electron chi connectivity index (χ2n) is 2.98. The molecule has 0 saturated carbocycles. The summed E-state index contributed by atoms with van der Waals surface area (Å²) in [5, 5.41) is 18.0. The number of hydrogen-bond donors (Lipinski definition) is 2. The van der Waals surface area contributed by atoms with E-state index in [9.17, 15) is 4.79 Å². The molecule has 0 aromatic carbocycles. The molecule has 0 aromatic heterocycles. The highest BCUT2D eigenvalue weighted by Gasteiger charge is 2.28. The summed E-state index contributed by atoms with van der Waals surface area (Å²) in [6.45, 7) is 6.66. The van der Waals surface area contributed by atoms with Crippen molar-refractivity contribution in [3.8, 4) is 0 Å². The van der Waals surface area contributed by atoms with Crippen molar-refractivity contribution in [3.63, 3.8) is 0 Å². The quantitative estimate of drug-likeness (QED) is 0.481. The molecule has 0 bridgehead atoms. The van der Waals surface area contributed by atoms with Gasteiger partial charge in [0.2, 0.25) is 0 Å². The van der Waals surface area contributed by atoms with Crippen molar-refractivity contribution >= 4 is 12.8 Å². The van der Waals surface area contributed by atoms with Crippen LogP contribution in [0.4, 0.5) is 0 Å². The van der Waals surface area contributed by atoms with E-state index in [4.69, 9.17) is 19.7 Å². The summed E-state index contributed by atoms with van der Waals surface area (Å²) in [5.74, 6) is -0.542. The van der Waals surface area contributed by atoms with Gasteiger partial charge in [-0.3, -0.25) is 0 Å². The monoisotopic (exact) mass is 218 g/mol. The van der Waals surface area contributed by atoms with Crippen molar-refractivity contribution in [2.24, 2.45) is 5.41 Å². The summed E-state index contributed by atoms with van der Waals surface area (Å²) in [4.78, 5) is 18.7. The van der Waals surface area contributed by atoms with Crippen LogP contribution in [0.3, 0.4) is 0 Å². The second kappa shape index (κ2) is 9.36. The van der Waals surface area contributed by atoms with E-state index in [2.05, 4.69) is 6.58 Å². The van der Waals surface area contributed by atoms with Crippen molar-refractivity contribution in [1.82, 2.24) is 0 Å². The normalized spacial score (nSPS) is 9.80. The molecule has 0 unspecified atom stereocenters. The third-order valence-corrected chi connectivity index (χ3v) is 2.11. The van der Waals surface area contributed by atoms with E-state index < -0.39 is 11.4 Å². The van der Waals surface area contributed by atoms with E-state index in [1.807, 2.05) is 13.7 Å². The fraction of sp³-hybridized carbons (Fsp3) is 0.600. The largest absolute Gasteiger partial charge is 0.462 e. The van der Waals surface area contributed by atoms with Crippen molar-refractivity contribution in [2.45, 2.75) is 13.3 Å². The minimum atomic E-state index is -0.724. The summed E-state index contributed by atoms with van der Waals surface area (Å²) >= 11 is 0. The third kappa shape index (κ3) is 5.98. The van der Waals surface area contributed by atoms with Gasteiger partial charge in [-0.15, -0.1) is 0 Å². The van der Waals surface area contributed by atoms with Crippen LogP contribution in [0.25, 0.3) is 0 Å². The van der Waals surface area contributed by atoms with Gasteiger partial charge in [0.25, 0.3) is 0 Å². The van der Waals surface area contributed by atoms with E-state index >= 15 is 0 Å². The lowest BCUT2D eigenvalue weighted by molar-refractivity contribution is -0.143. The zero-order valence-electron chi connectivity index (χ0n) is 8.94. The number of hydrogen-bond acceptors (Lipinski definition) is 5. The highest BCUT2D eigenvalue weighted by atomic mass is 16.5. The van der Waals surface area contributed by atoms with E-state index in [1.165, 1.54) is 0 Å². The number of carbonyl (C=O) groups is 2. The molecule has 15 heavy (non-hydrogen) atoms. The lowest BCUT2D eigenvalue weighted by Crippen LogP contribution is -2.35. The van der Waals surface area contributed by atoms with Crippen LogP contribution >= 0.6 is 0 Å². The molecular formula is C10H18O5. The molecule has 0 aromatic rings. The van der Waals surface area contributed by atoms with Gasteiger partial charge < -0.3 is 19.7 Å². The Labute approximate surface area is 89.4 Å². The molecule has 5 heteroatoms. The first-order valence-corrected chi connectivity index (χ1v) is 4.44. The SMILES string of the molecule is C=CC(=O)OCC(CC)(CO)CO.C=O. The van der Waals surface area contributed by atoms with Gasteiger partial charge in [-0.1, -0.05) is 13.5 Å². The molecule has 0 fully saturated rings. The molecule has 0 aliphatic heterocycles. The Bertz CT molecular complexity index is 178. The predicted molar refractivity (Wildman–Crippen MR) is 55.2 cm³/mol. The van der Waals surface area contributed by atoms with Gasteiger partial charge in [-0.2, -0.15) is 0 Å². The number of esters is 1. The van der Waals surface area contributed by atoms with Crippen LogP contribution in [-0.4, -0.2) is 42.8 Å². The predicted octanol–water partition coefficient (Wildman–Crippen LogP) is -0.0883. The van der Waals surface area contributed by atoms with E-state index in [0.29, 0.717) is 6.42 Å². The molecule has 0 amide bonds. The first-order valence-electron chi connectivity index (χ1n) is 4.44. The van der Waals surface area contributed by atoms with Gasteiger partial charge in [0.1, 0.15) is 13.4 Å². The summed E-state index contributed by atoms with van der Waals surface area (Å²) in [6, 6.07) is 0. The number of aliphatic hydroxyl groups is 2. The first-order chi connectivity index (χ1) is 7.14. The van der Waals surface area contributed by atoms with Crippen LogP contribution in [-0.2, 0) is 14.3 Å². The van der Waals surface area contributed by atoms with E-state index in [-0.39, 0.29) is 19.8 Å². The van der Waals surface area contributed by atoms with Crippen LogP contribution < -0.4 is 0 Å². The lowest BCUT2D eigenvalue weighted by atomic mass is 9.88. The average Bonchev–Trinajstić information content (AvgIpc) is 2.33. The zero-order chi connectivity index (χ0) is 12.3.